The van der Waals surface area contributed by atoms with Crippen molar-refractivity contribution in [2.24, 2.45) is 0 Å². The van der Waals surface area contributed by atoms with Crippen LogP contribution in [0, 0.1) is 0 Å². The molecule has 2 nitrogen and oxygen atoms in total. The van der Waals surface area contributed by atoms with E-state index >= 15 is 0 Å². The Morgan fingerprint density at radius 3 is 2.39 bits per heavy atom. The van der Waals surface area contributed by atoms with Gasteiger partial charge in [-0.15, -0.1) is 0 Å². The van der Waals surface area contributed by atoms with Gasteiger partial charge in [-0.1, -0.05) is 32.9 Å². The monoisotopic (exact) mass is 263 g/mol. The summed E-state index contributed by atoms with van der Waals surface area (Å²) in [5.41, 5.74) is 1.49. The summed E-state index contributed by atoms with van der Waals surface area (Å²) in [5, 5.41) is 2.02. The topological polar surface area (TPSA) is 18.5 Å². The minimum Gasteiger partial charge on any atom is -0.444 e. The lowest BCUT2D eigenvalue weighted by molar-refractivity contribution is 0.376. The lowest BCUT2D eigenvalue weighted by Gasteiger charge is -2.19. The molecule has 1 aliphatic rings. The molecule has 0 radical (unpaired) electrons. The third-order valence-corrected chi connectivity index (χ3v) is 3.83. The Bertz CT molecular complexity index is 441. The van der Waals surface area contributed by atoms with Gasteiger partial charge in [-0.3, -0.25) is 4.18 Å². The molecule has 1 heterocycles. The molecule has 0 aliphatic carbocycles. The van der Waals surface area contributed by atoms with Crippen molar-refractivity contribution in [3.05, 3.63) is 53.7 Å². The molecule has 0 bridgehead atoms. The number of benzene rings is 1. The highest BCUT2D eigenvalue weighted by Gasteiger charge is 2.19. The second-order valence-corrected chi connectivity index (χ2v) is 6.63. The van der Waals surface area contributed by atoms with Gasteiger partial charge < -0.3 is 4.74 Å². The van der Waals surface area contributed by atoms with E-state index in [4.69, 9.17) is 8.92 Å². The van der Waals surface area contributed by atoms with Crippen LogP contribution >= 0.6 is 0 Å². The predicted octanol–water partition coefficient (Wildman–Crippen LogP) is 3.91. The van der Waals surface area contributed by atoms with Gasteiger partial charge in [0.15, 0.2) is 11.7 Å². The molecule has 0 amide bonds. The predicted molar refractivity (Wildman–Crippen MR) is 77.4 cm³/mol. The van der Waals surface area contributed by atoms with Crippen molar-refractivity contribution in [1.29, 1.82) is 0 Å². The zero-order valence-electron chi connectivity index (χ0n) is 11.1. The molecule has 1 unspecified atom stereocenters. The minimum atomic E-state index is -0.257. The van der Waals surface area contributed by atoms with Crippen LogP contribution in [0.4, 0.5) is 0 Å². The van der Waals surface area contributed by atoms with Gasteiger partial charge >= 0.3 is 0 Å². The largest absolute Gasteiger partial charge is 0.444 e. The maximum absolute atomic E-state index is 5.72. The summed E-state index contributed by atoms with van der Waals surface area (Å²) in [6.07, 6.45) is 5.56. The SMILES string of the molecule is CC(C)(C)c1ccc(OC[S+]2C=CC=CO2)cc1. The minimum absolute atomic E-state index is 0.181. The summed E-state index contributed by atoms with van der Waals surface area (Å²) in [4.78, 5) is 0. The fourth-order valence-corrected chi connectivity index (χ4v) is 2.48. The van der Waals surface area contributed by atoms with Crippen molar-refractivity contribution in [2.75, 3.05) is 5.94 Å². The van der Waals surface area contributed by atoms with Crippen LogP contribution in [0.2, 0.25) is 0 Å². The first-order chi connectivity index (χ1) is 8.55. The summed E-state index contributed by atoms with van der Waals surface area (Å²) >= 11 is -0.257. The van der Waals surface area contributed by atoms with Gasteiger partial charge in [-0.05, 0) is 35.3 Å². The maximum atomic E-state index is 5.72. The van der Waals surface area contributed by atoms with E-state index in [1.54, 1.807) is 6.26 Å². The third-order valence-electron chi connectivity index (χ3n) is 2.66. The summed E-state index contributed by atoms with van der Waals surface area (Å²) in [6.45, 7) is 6.62. The van der Waals surface area contributed by atoms with Crippen molar-refractivity contribution in [2.45, 2.75) is 26.2 Å². The third kappa shape index (κ3) is 3.57. The number of ether oxygens (including phenoxy) is 1. The summed E-state index contributed by atoms with van der Waals surface area (Å²) in [5.74, 6) is 1.46. The average Bonchev–Trinajstić information content (AvgIpc) is 2.37. The van der Waals surface area contributed by atoms with E-state index in [1.165, 1.54) is 5.56 Å². The Balaban J connectivity index is 1.90. The van der Waals surface area contributed by atoms with Crippen LogP contribution in [0.25, 0.3) is 0 Å². The maximum Gasteiger partial charge on any atom is 0.293 e. The Hall–Kier alpha value is -1.35. The Labute approximate surface area is 112 Å². The number of hydrogen-bond donors (Lipinski definition) is 0. The zero-order chi connectivity index (χ0) is 13.0. The van der Waals surface area contributed by atoms with Crippen LogP contribution in [0.1, 0.15) is 26.3 Å². The first kappa shape index (κ1) is 13.1. The van der Waals surface area contributed by atoms with E-state index in [1.807, 2.05) is 29.7 Å². The standard InChI is InChI=1S/C15H19O2S/c1-15(2,3)13-6-8-14(9-7-13)16-12-18-11-5-4-10-17-18/h4-11H,12H2,1-3H3/q+1. The second-order valence-electron chi connectivity index (χ2n) is 5.17. The van der Waals surface area contributed by atoms with Crippen LogP contribution in [-0.4, -0.2) is 5.94 Å². The van der Waals surface area contributed by atoms with Crippen molar-refractivity contribution in [3.63, 3.8) is 0 Å². The molecule has 1 atom stereocenters. The van der Waals surface area contributed by atoms with Gasteiger partial charge in [0.2, 0.25) is 0 Å². The fraction of sp³-hybridized carbons (Fsp3) is 0.333. The van der Waals surface area contributed by atoms with Gasteiger partial charge in [-0.2, -0.15) is 0 Å². The molecule has 3 heteroatoms. The molecule has 0 aromatic heterocycles. The molecular formula is C15H19O2S+. The smallest absolute Gasteiger partial charge is 0.293 e. The molecule has 0 N–H and O–H groups in total. The molecule has 18 heavy (non-hydrogen) atoms. The lowest BCUT2D eigenvalue weighted by Crippen LogP contribution is -2.13. The zero-order valence-corrected chi connectivity index (χ0v) is 11.9. The highest BCUT2D eigenvalue weighted by atomic mass is 32.2. The second kappa shape index (κ2) is 5.53. The number of allylic oxidation sites excluding steroid dienone is 2. The molecule has 0 saturated carbocycles. The van der Waals surface area contributed by atoms with E-state index in [9.17, 15) is 0 Å². The van der Waals surface area contributed by atoms with E-state index in [-0.39, 0.29) is 16.6 Å². The van der Waals surface area contributed by atoms with Gasteiger partial charge in [0, 0.05) is 0 Å². The molecule has 1 aromatic carbocycles. The average molecular weight is 263 g/mol. The van der Waals surface area contributed by atoms with Crippen molar-refractivity contribution in [3.8, 4) is 5.75 Å². The molecule has 2 rings (SSSR count). The molecule has 0 fully saturated rings. The molecule has 1 aromatic rings. The van der Waals surface area contributed by atoms with Gasteiger partial charge in [0.05, 0.1) is 0 Å². The Morgan fingerprint density at radius 2 is 1.83 bits per heavy atom. The van der Waals surface area contributed by atoms with Crippen LogP contribution < -0.4 is 4.74 Å². The summed E-state index contributed by atoms with van der Waals surface area (Å²) < 4.78 is 11.1. The first-order valence-electron chi connectivity index (χ1n) is 5.99. The van der Waals surface area contributed by atoms with E-state index < -0.39 is 0 Å². The fourth-order valence-electron chi connectivity index (χ4n) is 1.56. The molecule has 0 saturated heterocycles. The van der Waals surface area contributed by atoms with E-state index in [0.717, 1.165) is 5.75 Å². The van der Waals surface area contributed by atoms with Crippen LogP contribution in [0.5, 0.6) is 5.75 Å². The van der Waals surface area contributed by atoms with Crippen LogP contribution in [0.3, 0.4) is 0 Å². The highest BCUT2D eigenvalue weighted by molar-refractivity contribution is 7.95. The van der Waals surface area contributed by atoms with Crippen LogP contribution in [-0.2, 0) is 20.8 Å². The molecule has 0 spiro atoms. The summed E-state index contributed by atoms with van der Waals surface area (Å²) in [6, 6.07) is 8.28. The molecule has 1 aliphatic heterocycles. The quantitative estimate of drug-likeness (QED) is 0.770. The molecular weight excluding hydrogens is 244 g/mol. The van der Waals surface area contributed by atoms with Gasteiger partial charge in [0.25, 0.3) is 17.1 Å². The van der Waals surface area contributed by atoms with Gasteiger partial charge in [0.1, 0.15) is 5.75 Å². The Kier molecular flexibility index (Phi) is 4.02. The van der Waals surface area contributed by atoms with Crippen molar-refractivity contribution in [1.82, 2.24) is 0 Å². The van der Waals surface area contributed by atoms with Crippen molar-refractivity contribution >= 4 is 11.2 Å². The highest BCUT2D eigenvalue weighted by Crippen LogP contribution is 2.24. The summed E-state index contributed by atoms with van der Waals surface area (Å²) in [7, 11) is 0. The van der Waals surface area contributed by atoms with Gasteiger partial charge in [-0.25, -0.2) is 0 Å². The lowest BCUT2D eigenvalue weighted by atomic mass is 9.87. The van der Waals surface area contributed by atoms with E-state index in [2.05, 4.69) is 32.9 Å². The number of rotatable bonds is 3. The van der Waals surface area contributed by atoms with Crippen LogP contribution in [0.15, 0.2) is 48.1 Å². The Morgan fingerprint density at radius 1 is 1.11 bits per heavy atom. The number of hydrogen-bond acceptors (Lipinski definition) is 2. The van der Waals surface area contributed by atoms with Crippen molar-refractivity contribution < 1.29 is 8.92 Å². The first-order valence-corrected chi connectivity index (χ1v) is 7.37. The normalized spacial score (nSPS) is 18.5. The molecule has 96 valence electrons. The van der Waals surface area contributed by atoms with E-state index in [0.29, 0.717) is 5.94 Å².